The number of hydrogen-bond acceptors (Lipinski definition) is 4. The van der Waals surface area contributed by atoms with E-state index in [2.05, 4.69) is 43.1 Å². The number of piperazine rings is 1. The summed E-state index contributed by atoms with van der Waals surface area (Å²) < 4.78 is 0. The van der Waals surface area contributed by atoms with Gasteiger partial charge in [0.05, 0.1) is 16.2 Å². The fourth-order valence-electron chi connectivity index (χ4n) is 1.94. The fourth-order valence-corrected chi connectivity index (χ4v) is 2.97. The SMILES string of the molecule is C#CC(=C)C(=O)/C(SC(C)C)=C(\C=C)N1CCNCC1. The van der Waals surface area contributed by atoms with Crippen molar-refractivity contribution in [1.82, 2.24) is 10.2 Å². The molecule has 1 aliphatic rings. The predicted molar refractivity (Wildman–Crippen MR) is 87.4 cm³/mol. The van der Waals surface area contributed by atoms with Crippen LogP contribution in [0.5, 0.6) is 0 Å². The quantitative estimate of drug-likeness (QED) is 0.462. The lowest BCUT2D eigenvalue weighted by Crippen LogP contribution is -2.43. The maximum absolute atomic E-state index is 12.4. The van der Waals surface area contributed by atoms with Crippen LogP contribution in [0.15, 0.2) is 35.4 Å². The van der Waals surface area contributed by atoms with Gasteiger partial charge in [-0.15, -0.1) is 18.2 Å². The van der Waals surface area contributed by atoms with Crippen molar-refractivity contribution >= 4 is 17.5 Å². The predicted octanol–water partition coefficient (Wildman–Crippen LogP) is 2.19. The number of carbonyl (C=O) groups excluding carboxylic acids is 1. The lowest BCUT2D eigenvalue weighted by atomic mass is 10.1. The minimum Gasteiger partial charge on any atom is -0.368 e. The number of ketones is 1. The Labute approximate surface area is 126 Å². The van der Waals surface area contributed by atoms with Gasteiger partial charge in [0, 0.05) is 31.4 Å². The normalized spacial score (nSPS) is 16.4. The van der Waals surface area contributed by atoms with Crippen molar-refractivity contribution in [3.63, 3.8) is 0 Å². The van der Waals surface area contributed by atoms with Crippen molar-refractivity contribution in [3.05, 3.63) is 35.4 Å². The molecule has 1 fully saturated rings. The highest BCUT2D eigenvalue weighted by atomic mass is 32.2. The third-order valence-electron chi connectivity index (χ3n) is 2.89. The lowest BCUT2D eigenvalue weighted by molar-refractivity contribution is -0.111. The molecule has 0 unspecified atom stereocenters. The van der Waals surface area contributed by atoms with Crippen LogP contribution in [-0.2, 0) is 4.79 Å². The molecule has 20 heavy (non-hydrogen) atoms. The molecule has 0 aliphatic carbocycles. The Balaban J connectivity index is 3.17. The van der Waals surface area contributed by atoms with Gasteiger partial charge in [0.1, 0.15) is 0 Å². The number of Topliss-reactive ketones (excluding diaryl/α,β-unsaturated/α-hetero) is 1. The second-order valence-corrected chi connectivity index (χ2v) is 6.36. The molecule has 1 N–H and O–H groups in total. The average molecular weight is 290 g/mol. The smallest absolute Gasteiger partial charge is 0.209 e. The van der Waals surface area contributed by atoms with E-state index in [4.69, 9.17) is 6.42 Å². The summed E-state index contributed by atoms with van der Waals surface area (Å²) in [6.45, 7) is 15.2. The molecule has 0 spiro atoms. The minimum atomic E-state index is -0.167. The third-order valence-corrected chi connectivity index (χ3v) is 3.99. The van der Waals surface area contributed by atoms with E-state index in [9.17, 15) is 4.79 Å². The number of carbonyl (C=O) groups is 1. The largest absolute Gasteiger partial charge is 0.368 e. The van der Waals surface area contributed by atoms with Gasteiger partial charge in [-0.3, -0.25) is 4.79 Å². The van der Waals surface area contributed by atoms with Crippen molar-refractivity contribution in [2.45, 2.75) is 19.1 Å². The number of allylic oxidation sites excluding steroid dienone is 3. The topological polar surface area (TPSA) is 32.3 Å². The first kappa shape index (κ1) is 16.6. The molecular weight excluding hydrogens is 268 g/mol. The summed E-state index contributed by atoms with van der Waals surface area (Å²) in [7, 11) is 0. The third kappa shape index (κ3) is 4.29. The molecule has 0 amide bonds. The van der Waals surface area contributed by atoms with Crippen molar-refractivity contribution in [2.24, 2.45) is 0 Å². The van der Waals surface area contributed by atoms with E-state index in [0.29, 0.717) is 4.91 Å². The molecule has 0 aromatic rings. The second-order valence-electron chi connectivity index (χ2n) is 4.77. The fraction of sp³-hybridized carbons (Fsp3) is 0.438. The van der Waals surface area contributed by atoms with E-state index in [0.717, 1.165) is 31.9 Å². The highest BCUT2D eigenvalue weighted by Gasteiger charge is 2.22. The Kier molecular flexibility index (Phi) is 6.63. The van der Waals surface area contributed by atoms with Gasteiger partial charge in [-0.05, 0) is 6.08 Å². The lowest BCUT2D eigenvalue weighted by Gasteiger charge is -2.31. The molecule has 1 heterocycles. The molecule has 3 nitrogen and oxygen atoms in total. The molecule has 0 bridgehead atoms. The minimum absolute atomic E-state index is 0.167. The number of hydrogen-bond donors (Lipinski definition) is 1. The van der Waals surface area contributed by atoms with Gasteiger partial charge in [0.2, 0.25) is 5.78 Å². The molecule has 108 valence electrons. The molecule has 1 rings (SSSR count). The van der Waals surface area contributed by atoms with Crippen LogP contribution in [0.1, 0.15) is 13.8 Å². The van der Waals surface area contributed by atoms with Gasteiger partial charge < -0.3 is 10.2 Å². The zero-order valence-electron chi connectivity index (χ0n) is 12.2. The molecule has 1 saturated heterocycles. The van der Waals surface area contributed by atoms with Crippen LogP contribution >= 0.6 is 11.8 Å². The highest BCUT2D eigenvalue weighted by Crippen LogP contribution is 2.29. The van der Waals surface area contributed by atoms with Crippen LogP contribution in [0.25, 0.3) is 0 Å². The van der Waals surface area contributed by atoms with E-state index in [1.165, 1.54) is 11.8 Å². The van der Waals surface area contributed by atoms with E-state index >= 15 is 0 Å². The maximum atomic E-state index is 12.4. The summed E-state index contributed by atoms with van der Waals surface area (Å²) in [6.07, 6.45) is 7.06. The van der Waals surface area contributed by atoms with Crippen LogP contribution in [0.3, 0.4) is 0 Å². The first-order chi connectivity index (χ1) is 9.51. The first-order valence-corrected chi connectivity index (χ1v) is 7.58. The summed E-state index contributed by atoms with van der Waals surface area (Å²) in [5.74, 6) is 2.18. The molecule has 1 aliphatic heterocycles. The summed E-state index contributed by atoms with van der Waals surface area (Å²) in [5.41, 5.74) is 1.06. The van der Waals surface area contributed by atoms with Crippen molar-refractivity contribution in [1.29, 1.82) is 0 Å². The Morgan fingerprint density at radius 2 is 2.05 bits per heavy atom. The number of nitrogens with one attached hydrogen (secondary N) is 1. The Bertz CT molecular complexity index is 465. The summed E-state index contributed by atoms with van der Waals surface area (Å²) in [6, 6.07) is 0. The van der Waals surface area contributed by atoms with Crippen LogP contribution in [-0.4, -0.2) is 42.1 Å². The molecule has 0 saturated carbocycles. The summed E-state index contributed by atoms with van der Waals surface area (Å²) in [5, 5.41) is 3.59. The molecular formula is C16H22N2OS. The molecule has 0 radical (unpaired) electrons. The van der Waals surface area contributed by atoms with Gasteiger partial charge in [0.15, 0.2) is 0 Å². The van der Waals surface area contributed by atoms with Crippen molar-refractivity contribution < 1.29 is 4.79 Å². The van der Waals surface area contributed by atoms with Crippen molar-refractivity contribution in [3.8, 4) is 12.3 Å². The second kappa shape index (κ2) is 7.98. The van der Waals surface area contributed by atoms with Gasteiger partial charge in [-0.25, -0.2) is 0 Å². The molecule has 4 heteroatoms. The number of thioether (sulfide) groups is 1. The highest BCUT2D eigenvalue weighted by molar-refractivity contribution is 8.04. The van der Waals surface area contributed by atoms with E-state index in [-0.39, 0.29) is 16.6 Å². The standard InChI is InChI=1S/C16H22N2OS/c1-6-13(5)15(19)16(20-12(3)4)14(7-2)18-10-8-17-9-11-18/h1,7,12,17H,2,5,8-11H2,3-4H3/b16-14-. The molecule has 0 aromatic carbocycles. The van der Waals surface area contributed by atoms with Gasteiger partial charge in [0.25, 0.3) is 0 Å². The monoisotopic (exact) mass is 290 g/mol. The average Bonchev–Trinajstić information content (AvgIpc) is 2.46. The number of terminal acetylenes is 1. The summed E-state index contributed by atoms with van der Waals surface area (Å²) >= 11 is 1.52. The Morgan fingerprint density at radius 3 is 2.50 bits per heavy atom. The van der Waals surface area contributed by atoms with Crippen molar-refractivity contribution in [2.75, 3.05) is 26.2 Å². The van der Waals surface area contributed by atoms with Gasteiger partial charge >= 0.3 is 0 Å². The molecule has 0 atom stereocenters. The van der Waals surface area contributed by atoms with E-state index in [1.807, 2.05) is 0 Å². The Morgan fingerprint density at radius 1 is 1.45 bits per heavy atom. The maximum Gasteiger partial charge on any atom is 0.209 e. The first-order valence-electron chi connectivity index (χ1n) is 6.70. The van der Waals surface area contributed by atoms with Gasteiger partial charge in [-0.1, -0.05) is 32.9 Å². The van der Waals surface area contributed by atoms with E-state index in [1.54, 1.807) is 6.08 Å². The Hall–Kier alpha value is -1.44. The number of rotatable bonds is 6. The van der Waals surface area contributed by atoms with Crippen LogP contribution in [0, 0.1) is 12.3 Å². The van der Waals surface area contributed by atoms with Gasteiger partial charge in [-0.2, -0.15) is 0 Å². The van der Waals surface area contributed by atoms with Crippen LogP contribution in [0.4, 0.5) is 0 Å². The summed E-state index contributed by atoms with van der Waals surface area (Å²) in [4.78, 5) is 15.3. The zero-order valence-corrected chi connectivity index (χ0v) is 13.1. The van der Waals surface area contributed by atoms with Crippen LogP contribution in [0.2, 0.25) is 0 Å². The number of nitrogens with zero attached hydrogens (tertiary/aromatic N) is 1. The zero-order chi connectivity index (χ0) is 15.1. The van der Waals surface area contributed by atoms with E-state index < -0.39 is 0 Å². The van der Waals surface area contributed by atoms with Crippen LogP contribution < -0.4 is 5.32 Å². The molecule has 0 aromatic heterocycles.